The summed E-state index contributed by atoms with van der Waals surface area (Å²) in [6.07, 6.45) is 86.8. The molecule has 0 aliphatic rings. The Hall–Kier alpha value is -4.63. The number of allylic oxidation sites excluding steroid dienone is 28. The molecule has 0 amide bonds. The summed E-state index contributed by atoms with van der Waals surface area (Å²) in [5.41, 5.74) is 5.38. The van der Waals surface area contributed by atoms with Crippen LogP contribution in [0.3, 0.4) is 0 Å². The summed E-state index contributed by atoms with van der Waals surface area (Å²) >= 11 is 0. The van der Waals surface area contributed by atoms with Crippen LogP contribution in [0.5, 0.6) is 0 Å². The van der Waals surface area contributed by atoms with E-state index in [2.05, 4.69) is 184 Å². The number of phosphoric acid groups is 1. The van der Waals surface area contributed by atoms with Crippen LogP contribution in [0.4, 0.5) is 0 Å². The van der Waals surface area contributed by atoms with Crippen molar-refractivity contribution in [3.05, 3.63) is 170 Å². The molecule has 3 N–H and O–H groups in total. The number of carbonyl (C=O) groups excluding carboxylic acids is 2. The van der Waals surface area contributed by atoms with Crippen LogP contribution in [0, 0.1) is 0 Å². The Bertz CT molecular complexity index is 1820. The van der Waals surface area contributed by atoms with Gasteiger partial charge in [0.25, 0.3) is 0 Å². The first kappa shape index (κ1) is 70.4. The predicted molar refractivity (Wildman–Crippen MR) is 320 cm³/mol. The summed E-state index contributed by atoms with van der Waals surface area (Å²) < 4.78 is 33.0. The van der Waals surface area contributed by atoms with Crippen LogP contribution in [0.1, 0.15) is 194 Å². The van der Waals surface area contributed by atoms with Gasteiger partial charge < -0.3 is 20.1 Å². The van der Waals surface area contributed by atoms with Gasteiger partial charge in [-0.3, -0.25) is 18.6 Å². The van der Waals surface area contributed by atoms with Crippen molar-refractivity contribution in [2.75, 3.05) is 26.4 Å². The molecule has 0 fully saturated rings. The van der Waals surface area contributed by atoms with Gasteiger partial charge in [-0.2, -0.15) is 0 Å². The Morgan fingerprint density at radius 1 is 0.400 bits per heavy atom. The largest absolute Gasteiger partial charge is 0.472 e. The number of carbonyl (C=O) groups is 2. The maximum Gasteiger partial charge on any atom is 0.472 e. The molecule has 0 aliphatic carbocycles. The predicted octanol–water partition coefficient (Wildman–Crippen LogP) is 18.3. The van der Waals surface area contributed by atoms with Crippen molar-refractivity contribution in [3.8, 4) is 0 Å². The van der Waals surface area contributed by atoms with Crippen LogP contribution >= 0.6 is 7.82 Å². The standard InChI is InChI=1S/C65H102NO8P/c1-3-5-7-9-11-13-15-17-19-21-23-25-26-27-28-29-30-31-32-33-34-35-36-38-40-42-44-46-48-50-52-54-56-58-65(68)74-63(62-73-75(69,70)72-60-59-66)61-71-64(67)57-55-53-51-49-47-45-43-41-39-37-24-22-20-18-16-14-12-10-8-6-4-2/h5-8,11-14,17-20,23-25,27-28,30-31,33-34,36-38,41-44,63H,3-4,9-10,15-16,21-22,26,29,32,35,39-40,45-62,66H2,1-2H3,(H,69,70)/b7-5-,8-6-,13-11-,14-12-,19-17-,20-18-,25-23-,28-27-,31-30-,34-33-,37-24-,38-36-,43-41-,44-42-. The van der Waals surface area contributed by atoms with Crippen LogP contribution in [-0.2, 0) is 32.7 Å². The molecule has 0 aromatic carbocycles. The lowest BCUT2D eigenvalue weighted by Gasteiger charge is -2.19. The van der Waals surface area contributed by atoms with Crippen LogP contribution in [0.2, 0.25) is 0 Å². The molecule has 0 aliphatic heterocycles. The summed E-state index contributed by atoms with van der Waals surface area (Å²) in [7, 11) is -4.41. The molecule has 0 saturated carbocycles. The molecule has 0 spiro atoms. The molecular weight excluding hydrogens is 954 g/mol. The van der Waals surface area contributed by atoms with E-state index in [-0.39, 0.29) is 32.6 Å². The minimum absolute atomic E-state index is 0.0365. The summed E-state index contributed by atoms with van der Waals surface area (Å²) in [6.45, 7) is 3.44. The highest BCUT2D eigenvalue weighted by Crippen LogP contribution is 2.43. The van der Waals surface area contributed by atoms with Gasteiger partial charge in [0.05, 0.1) is 13.2 Å². The van der Waals surface area contributed by atoms with Crippen molar-refractivity contribution in [1.29, 1.82) is 0 Å². The monoisotopic (exact) mass is 1060 g/mol. The van der Waals surface area contributed by atoms with Gasteiger partial charge in [-0.15, -0.1) is 0 Å². The maximum absolute atomic E-state index is 12.7. The van der Waals surface area contributed by atoms with E-state index in [1.807, 2.05) is 0 Å². The fraction of sp³-hybridized carbons (Fsp3) is 0.538. The third-order valence-corrected chi connectivity index (χ3v) is 12.1. The molecule has 2 unspecified atom stereocenters. The lowest BCUT2D eigenvalue weighted by Crippen LogP contribution is -2.29. The second kappa shape index (κ2) is 58.6. The van der Waals surface area contributed by atoms with Gasteiger partial charge in [0, 0.05) is 19.4 Å². The Morgan fingerprint density at radius 2 is 0.693 bits per heavy atom. The number of hydrogen-bond acceptors (Lipinski definition) is 8. The first-order chi connectivity index (χ1) is 36.8. The smallest absolute Gasteiger partial charge is 0.462 e. The van der Waals surface area contributed by atoms with Crippen molar-refractivity contribution in [3.63, 3.8) is 0 Å². The maximum atomic E-state index is 12.7. The quantitative estimate of drug-likeness (QED) is 0.0264. The zero-order valence-electron chi connectivity index (χ0n) is 46.7. The van der Waals surface area contributed by atoms with E-state index < -0.39 is 32.5 Å². The van der Waals surface area contributed by atoms with Crippen molar-refractivity contribution in [2.45, 2.75) is 200 Å². The van der Waals surface area contributed by atoms with E-state index >= 15 is 0 Å². The van der Waals surface area contributed by atoms with Gasteiger partial charge in [-0.05, 0) is 128 Å². The molecule has 0 rings (SSSR count). The molecule has 0 bridgehead atoms. The van der Waals surface area contributed by atoms with Crippen molar-refractivity contribution in [2.24, 2.45) is 5.73 Å². The third kappa shape index (κ3) is 58.5. The molecule has 10 heteroatoms. The minimum atomic E-state index is -4.41. The van der Waals surface area contributed by atoms with E-state index in [0.717, 1.165) is 154 Å². The zero-order valence-corrected chi connectivity index (χ0v) is 47.6. The van der Waals surface area contributed by atoms with Gasteiger partial charge in [0.2, 0.25) is 0 Å². The molecule has 0 saturated heterocycles. The Balaban J connectivity index is 4.14. The number of ether oxygens (including phenoxy) is 2. The molecule has 9 nitrogen and oxygen atoms in total. The van der Waals surface area contributed by atoms with Gasteiger partial charge in [-0.1, -0.05) is 223 Å². The molecule has 0 radical (unpaired) electrons. The number of hydrogen-bond donors (Lipinski definition) is 2. The number of nitrogens with two attached hydrogens (primary N) is 1. The fourth-order valence-corrected chi connectivity index (χ4v) is 7.71. The normalized spacial score (nSPS) is 14.3. The SMILES string of the molecule is CC/C=C\C/C=C\C/C=C\C/C=C\C/C=C\C/C=C\C/C=C\C/C=C\C/C=C\CCCCCCCC(=O)OC(COC(=O)CCCCCCC/C=C\C/C=C\C/C=C\C/C=C\C/C=C\CC)COP(=O)(O)OCCN. The summed E-state index contributed by atoms with van der Waals surface area (Å²) in [6, 6.07) is 0. The number of phosphoric ester groups is 1. The highest BCUT2D eigenvalue weighted by atomic mass is 31.2. The highest BCUT2D eigenvalue weighted by molar-refractivity contribution is 7.47. The van der Waals surface area contributed by atoms with Gasteiger partial charge in [0.1, 0.15) is 6.61 Å². The Morgan fingerprint density at radius 3 is 1.03 bits per heavy atom. The van der Waals surface area contributed by atoms with E-state index in [9.17, 15) is 19.0 Å². The van der Waals surface area contributed by atoms with E-state index in [1.165, 1.54) is 0 Å². The number of esters is 2. The first-order valence-corrected chi connectivity index (χ1v) is 30.1. The number of unbranched alkanes of at least 4 members (excludes halogenated alkanes) is 10. The molecule has 0 aromatic rings. The molecule has 0 aromatic heterocycles. The topological polar surface area (TPSA) is 134 Å². The minimum Gasteiger partial charge on any atom is -0.462 e. The van der Waals surface area contributed by atoms with Crippen LogP contribution in [-0.4, -0.2) is 49.3 Å². The second-order valence-electron chi connectivity index (χ2n) is 18.0. The lowest BCUT2D eigenvalue weighted by atomic mass is 10.1. The number of rotatable bonds is 51. The van der Waals surface area contributed by atoms with Crippen molar-refractivity contribution < 1.29 is 37.6 Å². The molecule has 75 heavy (non-hydrogen) atoms. The van der Waals surface area contributed by atoms with Crippen molar-refractivity contribution in [1.82, 2.24) is 0 Å². The highest BCUT2D eigenvalue weighted by Gasteiger charge is 2.26. The van der Waals surface area contributed by atoms with E-state index in [4.69, 9.17) is 24.3 Å². The first-order valence-electron chi connectivity index (χ1n) is 28.6. The van der Waals surface area contributed by atoms with Crippen molar-refractivity contribution >= 4 is 19.8 Å². The fourth-order valence-electron chi connectivity index (χ4n) is 6.95. The molecular formula is C65H102NO8P. The Kier molecular flexibility index (Phi) is 55.0. The van der Waals surface area contributed by atoms with Gasteiger partial charge in [0.15, 0.2) is 6.10 Å². The second-order valence-corrected chi connectivity index (χ2v) is 19.5. The molecule has 2 atom stereocenters. The average molecular weight is 1060 g/mol. The molecule has 420 valence electrons. The van der Waals surface area contributed by atoms with Gasteiger partial charge in [-0.25, -0.2) is 4.57 Å². The van der Waals surface area contributed by atoms with Gasteiger partial charge >= 0.3 is 19.8 Å². The van der Waals surface area contributed by atoms with Crippen LogP contribution < -0.4 is 5.73 Å². The summed E-state index contributed by atoms with van der Waals surface area (Å²) in [5, 5.41) is 0. The lowest BCUT2D eigenvalue weighted by molar-refractivity contribution is -0.161. The van der Waals surface area contributed by atoms with E-state index in [1.54, 1.807) is 0 Å². The molecule has 0 heterocycles. The summed E-state index contributed by atoms with van der Waals surface area (Å²) in [4.78, 5) is 35.2. The van der Waals surface area contributed by atoms with Crippen LogP contribution in [0.15, 0.2) is 170 Å². The summed E-state index contributed by atoms with van der Waals surface area (Å²) in [5.74, 6) is -0.888. The van der Waals surface area contributed by atoms with Crippen LogP contribution in [0.25, 0.3) is 0 Å². The Labute approximate surface area is 457 Å². The van der Waals surface area contributed by atoms with E-state index in [0.29, 0.717) is 12.8 Å². The zero-order chi connectivity index (χ0) is 54.5. The average Bonchev–Trinajstić information content (AvgIpc) is 3.40. The third-order valence-electron chi connectivity index (χ3n) is 11.1.